The molecule has 0 fully saturated rings. The van der Waals surface area contributed by atoms with Crippen LogP contribution in [0.15, 0.2) is 34.9 Å². The molecule has 0 bridgehead atoms. The van der Waals surface area contributed by atoms with Gasteiger partial charge in [-0.05, 0) is 40.2 Å². The zero-order valence-corrected chi connectivity index (χ0v) is 11.5. The number of methoxy groups -OCH3 is 2. The molecule has 1 aromatic carbocycles. The van der Waals surface area contributed by atoms with Gasteiger partial charge in [-0.2, -0.15) is 0 Å². The highest BCUT2D eigenvalue weighted by Gasteiger charge is 2.05. The van der Waals surface area contributed by atoms with Crippen molar-refractivity contribution in [1.29, 1.82) is 0 Å². The highest BCUT2D eigenvalue weighted by Crippen LogP contribution is 2.13. The number of halogens is 1. The summed E-state index contributed by atoms with van der Waals surface area (Å²) in [6.45, 7) is 0. The third-order valence-corrected chi connectivity index (χ3v) is 2.60. The van der Waals surface area contributed by atoms with Crippen LogP contribution in [0.4, 0.5) is 5.69 Å². The van der Waals surface area contributed by atoms with Crippen molar-refractivity contribution >= 4 is 33.6 Å². The smallest absolute Gasteiger partial charge is 0.346 e. The van der Waals surface area contributed by atoms with Crippen molar-refractivity contribution in [3.05, 3.63) is 40.5 Å². The van der Waals surface area contributed by atoms with Crippen LogP contribution in [0.25, 0.3) is 0 Å². The summed E-state index contributed by atoms with van der Waals surface area (Å²) in [6.07, 6.45) is 1.46. The van der Waals surface area contributed by atoms with Gasteiger partial charge in [0.05, 0.1) is 19.8 Å². The van der Waals surface area contributed by atoms with E-state index in [4.69, 9.17) is 0 Å². The fraction of sp³-hybridized carbons (Fsp3) is 0.167. The third-order valence-electron chi connectivity index (χ3n) is 2.05. The van der Waals surface area contributed by atoms with E-state index in [0.29, 0.717) is 5.56 Å². The van der Waals surface area contributed by atoms with Crippen LogP contribution in [0.3, 0.4) is 0 Å². The normalized spacial score (nSPS) is 10.7. The Bertz CT molecular complexity index is 467. The van der Waals surface area contributed by atoms with Crippen LogP contribution in [-0.2, 0) is 14.3 Å². The van der Waals surface area contributed by atoms with Gasteiger partial charge >= 0.3 is 11.9 Å². The second-order valence-electron chi connectivity index (χ2n) is 3.20. The lowest BCUT2D eigenvalue weighted by atomic mass is 10.2. The minimum absolute atomic E-state index is 0.266. The molecule has 18 heavy (non-hydrogen) atoms. The Morgan fingerprint density at radius 3 is 2.28 bits per heavy atom. The van der Waals surface area contributed by atoms with Gasteiger partial charge in [0.25, 0.3) is 0 Å². The molecule has 0 heterocycles. The number of nitrogens with one attached hydrogen (secondary N) is 1. The molecular formula is C12H12BrNO4. The second kappa shape index (κ2) is 6.80. The van der Waals surface area contributed by atoms with E-state index < -0.39 is 11.9 Å². The number of ether oxygens (including phenoxy) is 2. The van der Waals surface area contributed by atoms with E-state index in [9.17, 15) is 9.59 Å². The number of hydrogen-bond acceptors (Lipinski definition) is 5. The molecule has 0 radical (unpaired) electrons. The van der Waals surface area contributed by atoms with Gasteiger partial charge in [0.1, 0.15) is 4.48 Å². The minimum atomic E-state index is -0.478. The standard InChI is InChI=1S/C12H12BrNO4/c1-17-11(15)8-3-5-9(6-4-8)14-7-10(13)12(16)18-2/h3-7,14H,1-2H3/b10-7-. The van der Waals surface area contributed by atoms with E-state index in [1.807, 2.05) is 0 Å². The van der Waals surface area contributed by atoms with Crippen LogP contribution in [-0.4, -0.2) is 26.2 Å². The van der Waals surface area contributed by atoms with Crippen LogP contribution in [0, 0.1) is 0 Å². The second-order valence-corrected chi connectivity index (χ2v) is 4.05. The first kappa shape index (κ1) is 14.2. The number of benzene rings is 1. The van der Waals surface area contributed by atoms with Crippen molar-refractivity contribution in [2.24, 2.45) is 0 Å². The summed E-state index contributed by atoms with van der Waals surface area (Å²) in [4.78, 5) is 22.3. The Balaban J connectivity index is 2.70. The Hall–Kier alpha value is -1.82. The molecule has 96 valence electrons. The maximum absolute atomic E-state index is 11.2. The van der Waals surface area contributed by atoms with Crippen molar-refractivity contribution < 1.29 is 19.1 Å². The lowest BCUT2D eigenvalue weighted by Crippen LogP contribution is -2.02. The summed E-state index contributed by atoms with van der Waals surface area (Å²) in [5.74, 6) is -0.874. The van der Waals surface area contributed by atoms with Gasteiger partial charge in [0, 0.05) is 11.9 Å². The zero-order chi connectivity index (χ0) is 13.5. The molecule has 0 atom stereocenters. The SMILES string of the molecule is COC(=O)/C(Br)=C/Nc1ccc(C(=O)OC)cc1. The molecule has 6 heteroatoms. The van der Waals surface area contributed by atoms with Gasteiger partial charge in [-0.25, -0.2) is 9.59 Å². The van der Waals surface area contributed by atoms with Crippen LogP contribution in [0.2, 0.25) is 0 Å². The van der Waals surface area contributed by atoms with Gasteiger partial charge in [0.15, 0.2) is 0 Å². The lowest BCUT2D eigenvalue weighted by Gasteiger charge is -2.03. The van der Waals surface area contributed by atoms with E-state index >= 15 is 0 Å². The predicted molar refractivity (Wildman–Crippen MR) is 70.4 cm³/mol. The molecule has 0 saturated carbocycles. The van der Waals surface area contributed by atoms with Crippen LogP contribution < -0.4 is 5.32 Å². The van der Waals surface area contributed by atoms with Gasteiger partial charge in [-0.15, -0.1) is 0 Å². The first-order chi connectivity index (χ1) is 8.58. The molecule has 0 aromatic heterocycles. The Labute approximate surface area is 113 Å². The van der Waals surface area contributed by atoms with Gasteiger partial charge in [-0.3, -0.25) is 0 Å². The summed E-state index contributed by atoms with van der Waals surface area (Å²) in [5, 5.41) is 2.88. The van der Waals surface area contributed by atoms with E-state index in [2.05, 4.69) is 30.7 Å². The highest BCUT2D eigenvalue weighted by atomic mass is 79.9. The van der Waals surface area contributed by atoms with Crippen LogP contribution >= 0.6 is 15.9 Å². The lowest BCUT2D eigenvalue weighted by molar-refractivity contribution is -0.135. The highest BCUT2D eigenvalue weighted by molar-refractivity contribution is 9.12. The van der Waals surface area contributed by atoms with E-state index in [0.717, 1.165) is 5.69 Å². The van der Waals surface area contributed by atoms with E-state index in [1.165, 1.54) is 20.4 Å². The predicted octanol–water partition coefficient (Wildman–Crippen LogP) is 2.29. The third kappa shape index (κ3) is 3.89. The van der Waals surface area contributed by atoms with E-state index in [1.54, 1.807) is 24.3 Å². The molecule has 0 aliphatic carbocycles. The molecule has 0 aliphatic rings. The van der Waals surface area contributed by atoms with Crippen molar-refractivity contribution in [1.82, 2.24) is 0 Å². The number of carbonyl (C=O) groups is 2. The van der Waals surface area contributed by atoms with Gasteiger partial charge in [0.2, 0.25) is 0 Å². The van der Waals surface area contributed by atoms with Gasteiger partial charge < -0.3 is 14.8 Å². The number of anilines is 1. The zero-order valence-electron chi connectivity index (χ0n) is 9.90. The number of carbonyl (C=O) groups excluding carboxylic acids is 2. The molecule has 1 aromatic rings. The summed E-state index contributed by atoms with van der Waals surface area (Å²) >= 11 is 3.06. The summed E-state index contributed by atoms with van der Waals surface area (Å²) < 4.78 is 9.36. The first-order valence-corrected chi connectivity index (χ1v) is 5.76. The number of esters is 2. The Morgan fingerprint density at radius 1 is 1.17 bits per heavy atom. The molecular weight excluding hydrogens is 302 g/mol. The average Bonchev–Trinajstić information content (AvgIpc) is 2.43. The summed E-state index contributed by atoms with van der Waals surface area (Å²) in [6, 6.07) is 6.63. The fourth-order valence-electron chi connectivity index (χ4n) is 1.12. The quantitative estimate of drug-likeness (QED) is 0.682. The summed E-state index contributed by atoms with van der Waals surface area (Å²) in [7, 11) is 2.62. The number of rotatable bonds is 4. The van der Waals surface area contributed by atoms with E-state index in [-0.39, 0.29) is 4.48 Å². The first-order valence-electron chi connectivity index (χ1n) is 4.97. The maximum atomic E-state index is 11.2. The molecule has 0 saturated heterocycles. The molecule has 1 rings (SSSR count). The average molecular weight is 314 g/mol. The van der Waals surface area contributed by atoms with Crippen molar-refractivity contribution in [3.8, 4) is 0 Å². The summed E-state index contributed by atoms with van der Waals surface area (Å²) in [5.41, 5.74) is 1.18. The molecule has 0 amide bonds. The molecule has 1 N–H and O–H groups in total. The topological polar surface area (TPSA) is 64.6 Å². The van der Waals surface area contributed by atoms with Crippen molar-refractivity contribution in [2.45, 2.75) is 0 Å². The van der Waals surface area contributed by atoms with Gasteiger partial charge in [-0.1, -0.05) is 0 Å². The van der Waals surface area contributed by atoms with Crippen LogP contribution in [0.5, 0.6) is 0 Å². The molecule has 5 nitrogen and oxygen atoms in total. The molecule has 0 spiro atoms. The molecule has 0 aliphatic heterocycles. The minimum Gasteiger partial charge on any atom is -0.465 e. The van der Waals surface area contributed by atoms with Crippen molar-refractivity contribution in [3.63, 3.8) is 0 Å². The Kier molecular flexibility index (Phi) is 5.38. The maximum Gasteiger partial charge on any atom is 0.346 e. The van der Waals surface area contributed by atoms with Crippen LogP contribution in [0.1, 0.15) is 10.4 Å². The molecule has 0 unspecified atom stereocenters. The monoisotopic (exact) mass is 313 g/mol. The fourth-order valence-corrected chi connectivity index (χ4v) is 1.40. The number of hydrogen-bond donors (Lipinski definition) is 1. The van der Waals surface area contributed by atoms with Crippen molar-refractivity contribution in [2.75, 3.05) is 19.5 Å². The Morgan fingerprint density at radius 2 is 1.78 bits per heavy atom. The largest absolute Gasteiger partial charge is 0.465 e.